The van der Waals surface area contributed by atoms with Gasteiger partial charge >= 0.3 is 6.03 Å². The molecule has 0 saturated carbocycles. The Morgan fingerprint density at radius 1 is 1.12 bits per heavy atom. The molecule has 32 heavy (non-hydrogen) atoms. The fourth-order valence-electron chi connectivity index (χ4n) is 5.06. The molecule has 0 unspecified atom stereocenters. The van der Waals surface area contributed by atoms with Crippen LogP contribution in [0, 0.1) is 12.8 Å². The maximum Gasteiger partial charge on any atom is 0.325 e. The number of thiophene rings is 1. The van der Waals surface area contributed by atoms with Crippen molar-refractivity contribution in [2.24, 2.45) is 5.92 Å². The molecule has 1 aromatic heterocycles. The third kappa shape index (κ3) is 4.55. The van der Waals surface area contributed by atoms with E-state index in [1.165, 1.54) is 14.7 Å². The third-order valence-corrected chi connectivity index (χ3v) is 7.99. The highest BCUT2D eigenvalue weighted by molar-refractivity contribution is 7.11. The number of aryl methyl sites for hydroxylation is 1. The summed E-state index contributed by atoms with van der Waals surface area (Å²) < 4.78 is 5.20. The van der Waals surface area contributed by atoms with E-state index in [9.17, 15) is 9.59 Å². The van der Waals surface area contributed by atoms with Crippen molar-refractivity contribution in [1.29, 1.82) is 0 Å². The first kappa shape index (κ1) is 22.8. The van der Waals surface area contributed by atoms with Crippen LogP contribution in [-0.2, 0) is 17.8 Å². The van der Waals surface area contributed by atoms with Crippen LogP contribution in [0.15, 0.2) is 36.4 Å². The number of hydrogen-bond donors (Lipinski definition) is 1. The lowest BCUT2D eigenvalue weighted by Crippen LogP contribution is -2.55. The second-order valence-electron chi connectivity index (χ2n) is 8.87. The summed E-state index contributed by atoms with van der Waals surface area (Å²) in [5.41, 5.74) is 0.320. The smallest absolute Gasteiger partial charge is 0.325 e. The number of amides is 3. The molecule has 2 aliphatic heterocycles. The number of methoxy groups -OCH3 is 1. The van der Waals surface area contributed by atoms with Gasteiger partial charge in [0.25, 0.3) is 5.91 Å². The van der Waals surface area contributed by atoms with E-state index in [2.05, 4.69) is 29.3 Å². The van der Waals surface area contributed by atoms with Crippen LogP contribution >= 0.6 is 11.3 Å². The van der Waals surface area contributed by atoms with Crippen molar-refractivity contribution in [3.8, 4) is 5.75 Å². The standard InChI is InChI=1S/C25H33N3O3S/c1-4-25(20-12-14-27(15-13-20)17-22-10-5-18(2)32-22)23(29)28(24(30)26-25)16-11-19-6-8-21(31-3)9-7-19/h5-10,20H,4,11-17H2,1-3H3,(H,26,30)/t25-/m1/s1. The van der Waals surface area contributed by atoms with Crippen LogP contribution in [0.5, 0.6) is 5.75 Å². The summed E-state index contributed by atoms with van der Waals surface area (Å²) in [4.78, 5) is 32.9. The Morgan fingerprint density at radius 3 is 2.44 bits per heavy atom. The Kier molecular flexibility index (Phi) is 6.86. The van der Waals surface area contributed by atoms with Crippen LogP contribution in [0.3, 0.4) is 0 Å². The number of hydrogen-bond acceptors (Lipinski definition) is 5. The number of ether oxygens (including phenoxy) is 1. The van der Waals surface area contributed by atoms with Crippen LogP contribution < -0.4 is 10.1 Å². The van der Waals surface area contributed by atoms with Gasteiger partial charge in [0, 0.05) is 22.8 Å². The van der Waals surface area contributed by atoms with E-state index in [0.717, 1.165) is 43.8 Å². The largest absolute Gasteiger partial charge is 0.497 e. The molecular weight excluding hydrogens is 422 g/mol. The van der Waals surface area contributed by atoms with Crippen molar-refractivity contribution >= 4 is 23.3 Å². The number of nitrogens with zero attached hydrogens (tertiary/aromatic N) is 2. The summed E-state index contributed by atoms with van der Waals surface area (Å²) >= 11 is 1.85. The molecular formula is C25H33N3O3S. The van der Waals surface area contributed by atoms with Gasteiger partial charge in [-0.25, -0.2) is 4.79 Å². The van der Waals surface area contributed by atoms with Gasteiger partial charge < -0.3 is 10.1 Å². The molecule has 0 radical (unpaired) electrons. The highest BCUT2D eigenvalue weighted by Crippen LogP contribution is 2.36. The predicted molar refractivity (Wildman–Crippen MR) is 127 cm³/mol. The number of urea groups is 1. The fraction of sp³-hybridized carbons (Fsp3) is 0.520. The van der Waals surface area contributed by atoms with E-state index in [1.807, 2.05) is 42.5 Å². The maximum absolute atomic E-state index is 13.5. The van der Waals surface area contributed by atoms with Crippen molar-refractivity contribution in [3.63, 3.8) is 0 Å². The minimum Gasteiger partial charge on any atom is -0.497 e. The molecule has 0 aliphatic carbocycles. The molecule has 2 fully saturated rings. The van der Waals surface area contributed by atoms with Gasteiger partial charge in [-0.3, -0.25) is 14.6 Å². The summed E-state index contributed by atoms with van der Waals surface area (Å²) in [6.07, 6.45) is 3.13. The lowest BCUT2D eigenvalue weighted by molar-refractivity contribution is -0.134. The first-order chi connectivity index (χ1) is 15.4. The quantitative estimate of drug-likeness (QED) is 0.606. The van der Waals surface area contributed by atoms with Gasteiger partial charge in [0.05, 0.1) is 7.11 Å². The second kappa shape index (κ2) is 9.63. The van der Waals surface area contributed by atoms with E-state index < -0.39 is 5.54 Å². The van der Waals surface area contributed by atoms with Gasteiger partial charge in [-0.1, -0.05) is 19.1 Å². The lowest BCUT2D eigenvalue weighted by atomic mass is 9.75. The van der Waals surface area contributed by atoms with Crippen LogP contribution in [0.1, 0.15) is 41.5 Å². The average molecular weight is 456 g/mol. The number of benzene rings is 1. The van der Waals surface area contributed by atoms with Crippen molar-refractivity contribution in [3.05, 3.63) is 51.7 Å². The van der Waals surface area contributed by atoms with E-state index in [0.29, 0.717) is 19.4 Å². The van der Waals surface area contributed by atoms with E-state index in [1.54, 1.807) is 7.11 Å². The van der Waals surface area contributed by atoms with Gasteiger partial charge in [0.1, 0.15) is 11.3 Å². The molecule has 2 saturated heterocycles. The number of rotatable bonds is 8. The molecule has 2 aliphatic rings. The third-order valence-electron chi connectivity index (χ3n) is 7.00. The minimum absolute atomic E-state index is 0.0501. The SMILES string of the molecule is CC[C@]1(C2CCN(Cc3ccc(C)s3)CC2)NC(=O)N(CCc2ccc(OC)cc2)C1=O. The van der Waals surface area contributed by atoms with Crippen LogP contribution in [-0.4, -0.2) is 54.0 Å². The highest BCUT2D eigenvalue weighted by atomic mass is 32.1. The topological polar surface area (TPSA) is 61.9 Å². The Balaban J connectivity index is 1.37. The summed E-state index contributed by atoms with van der Waals surface area (Å²) in [6.45, 7) is 7.44. The predicted octanol–water partition coefficient (Wildman–Crippen LogP) is 4.22. The molecule has 0 bridgehead atoms. The molecule has 172 valence electrons. The van der Waals surface area contributed by atoms with E-state index in [4.69, 9.17) is 4.74 Å². The zero-order chi connectivity index (χ0) is 22.7. The van der Waals surface area contributed by atoms with Crippen molar-refractivity contribution in [2.75, 3.05) is 26.7 Å². The van der Waals surface area contributed by atoms with Crippen LogP contribution in [0.25, 0.3) is 0 Å². The second-order valence-corrected chi connectivity index (χ2v) is 10.2. The number of likely N-dealkylation sites (tertiary alicyclic amines) is 1. The number of nitrogens with one attached hydrogen (secondary N) is 1. The summed E-state index contributed by atoms with van der Waals surface area (Å²) in [5, 5.41) is 3.11. The average Bonchev–Trinajstić information content (AvgIpc) is 3.33. The normalized spacial score (nSPS) is 22.4. The monoisotopic (exact) mass is 455 g/mol. The lowest BCUT2D eigenvalue weighted by Gasteiger charge is -2.40. The number of carbonyl (C=O) groups is 2. The molecule has 3 heterocycles. The zero-order valence-electron chi connectivity index (χ0n) is 19.2. The van der Waals surface area contributed by atoms with Gasteiger partial charge in [-0.2, -0.15) is 0 Å². The van der Waals surface area contributed by atoms with Gasteiger partial charge in [-0.05, 0) is 81.4 Å². The van der Waals surface area contributed by atoms with Gasteiger partial charge in [0.15, 0.2) is 0 Å². The molecule has 1 aromatic carbocycles. The molecule has 6 nitrogen and oxygen atoms in total. The first-order valence-electron chi connectivity index (χ1n) is 11.5. The highest BCUT2D eigenvalue weighted by Gasteiger charge is 2.54. The Morgan fingerprint density at radius 2 is 1.84 bits per heavy atom. The summed E-state index contributed by atoms with van der Waals surface area (Å²) in [7, 11) is 1.64. The van der Waals surface area contributed by atoms with Gasteiger partial charge in [0.2, 0.25) is 0 Å². The molecule has 4 rings (SSSR count). The molecule has 0 spiro atoms. The summed E-state index contributed by atoms with van der Waals surface area (Å²) in [5.74, 6) is 0.927. The summed E-state index contributed by atoms with van der Waals surface area (Å²) in [6, 6.07) is 11.9. The van der Waals surface area contributed by atoms with Crippen molar-refractivity contribution in [1.82, 2.24) is 15.1 Å². The van der Waals surface area contributed by atoms with E-state index in [-0.39, 0.29) is 17.9 Å². The molecule has 1 atom stereocenters. The van der Waals surface area contributed by atoms with Crippen molar-refractivity contribution < 1.29 is 14.3 Å². The first-order valence-corrected chi connectivity index (χ1v) is 12.3. The zero-order valence-corrected chi connectivity index (χ0v) is 20.0. The van der Waals surface area contributed by atoms with Gasteiger partial charge in [-0.15, -0.1) is 11.3 Å². The number of piperidine rings is 1. The number of carbonyl (C=O) groups excluding carboxylic acids is 2. The maximum atomic E-state index is 13.5. The van der Waals surface area contributed by atoms with Crippen molar-refractivity contribution in [2.45, 2.75) is 51.6 Å². The molecule has 7 heteroatoms. The fourth-order valence-corrected chi connectivity index (χ4v) is 5.99. The molecule has 3 amide bonds. The van der Waals surface area contributed by atoms with Crippen LogP contribution in [0.2, 0.25) is 0 Å². The molecule has 2 aromatic rings. The Labute approximate surface area is 194 Å². The van der Waals surface area contributed by atoms with Crippen LogP contribution in [0.4, 0.5) is 4.79 Å². The Bertz CT molecular complexity index is 950. The molecule has 1 N–H and O–H groups in total. The number of imide groups is 1. The van der Waals surface area contributed by atoms with E-state index >= 15 is 0 Å². The minimum atomic E-state index is -0.761. The Hall–Kier alpha value is -2.38.